The van der Waals surface area contributed by atoms with Crippen molar-refractivity contribution >= 4 is 34.8 Å². The van der Waals surface area contributed by atoms with Gasteiger partial charge in [-0.05, 0) is 31.0 Å². The summed E-state index contributed by atoms with van der Waals surface area (Å²) < 4.78 is 0. The van der Waals surface area contributed by atoms with Gasteiger partial charge in [0.2, 0.25) is 0 Å². The second kappa shape index (κ2) is 7.48. The molecule has 0 aliphatic heterocycles. The first-order valence-electron chi connectivity index (χ1n) is 6.87. The second-order valence-corrected chi connectivity index (χ2v) is 5.59. The molecule has 0 fully saturated rings. The maximum absolute atomic E-state index is 6.22. The van der Waals surface area contributed by atoms with Crippen LogP contribution in [0.5, 0.6) is 0 Å². The molecule has 1 atom stereocenters. The summed E-state index contributed by atoms with van der Waals surface area (Å²) in [4.78, 5) is 8.41. The van der Waals surface area contributed by atoms with Crippen LogP contribution in [0.2, 0.25) is 10.0 Å². The first kappa shape index (κ1) is 15.9. The number of benzene rings is 1. The quantitative estimate of drug-likeness (QED) is 0.802. The van der Waals surface area contributed by atoms with Gasteiger partial charge < -0.3 is 10.6 Å². The molecule has 0 radical (unpaired) electrons. The van der Waals surface area contributed by atoms with Crippen molar-refractivity contribution < 1.29 is 0 Å². The molecular weight excluding hydrogens is 307 g/mol. The summed E-state index contributed by atoms with van der Waals surface area (Å²) in [5.41, 5.74) is 0.975. The molecule has 1 aromatic carbocycles. The molecule has 0 aliphatic rings. The Balaban J connectivity index is 2.10. The maximum Gasteiger partial charge on any atom is 0.131 e. The lowest BCUT2D eigenvalue weighted by Gasteiger charge is -2.17. The number of rotatable bonds is 6. The van der Waals surface area contributed by atoms with Gasteiger partial charge >= 0.3 is 0 Å². The molecule has 0 saturated heterocycles. The van der Waals surface area contributed by atoms with Crippen LogP contribution in [-0.4, -0.2) is 16.5 Å². The Morgan fingerprint density at radius 3 is 2.62 bits per heavy atom. The van der Waals surface area contributed by atoms with Crippen molar-refractivity contribution in [3.05, 3.63) is 46.2 Å². The van der Waals surface area contributed by atoms with Crippen LogP contribution in [0.1, 0.15) is 31.9 Å². The summed E-state index contributed by atoms with van der Waals surface area (Å²) in [5.74, 6) is 1.56. The van der Waals surface area contributed by atoms with E-state index >= 15 is 0 Å². The van der Waals surface area contributed by atoms with E-state index in [-0.39, 0.29) is 6.04 Å². The van der Waals surface area contributed by atoms with Gasteiger partial charge in [-0.2, -0.15) is 0 Å². The van der Waals surface area contributed by atoms with E-state index in [4.69, 9.17) is 23.2 Å². The number of hydrogen-bond acceptors (Lipinski definition) is 4. The van der Waals surface area contributed by atoms with Gasteiger partial charge in [-0.1, -0.05) is 36.2 Å². The Hall–Kier alpha value is -1.52. The molecule has 112 valence electrons. The van der Waals surface area contributed by atoms with E-state index in [1.165, 1.54) is 6.33 Å². The number of anilines is 2. The average Bonchev–Trinajstić information content (AvgIpc) is 2.45. The Morgan fingerprint density at radius 1 is 1.14 bits per heavy atom. The topological polar surface area (TPSA) is 49.8 Å². The molecule has 0 saturated carbocycles. The lowest BCUT2D eigenvalue weighted by Crippen LogP contribution is -2.10. The summed E-state index contributed by atoms with van der Waals surface area (Å²) in [7, 11) is 0. The Labute approximate surface area is 134 Å². The predicted molar refractivity (Wildman–Crippen MR) is 89.3 cm³/mol. The SMILES string of the molecule is CCCNc1cc(NC(C)c2ccc(Cl)cc2Cl)ncn1. The third-order valence-corrected chi connectivity index (χ3v) is 3.58. The number of aromatic nitrogens is 2. The van der Waals surface area contributed by atoms with E-state index in [0.29, 0.717) is 10.0 Å². The number of halogens is 2. The van der Waals surface area contributed by atoms with E-state index < -0.39 is 0 Å². The monoisotopic (exact) mass is 324 g/mol. The molecule has 0 spiro atoms. The highest BCUT2D eigenvalue weighted by atomic mass is 35.5. The number of hydrogen-bond donors (Lipinski definition) is 2. The summed E-state index contributed by atoms with van der Waals surface area (Å²) >= 11 is 12.1. The van der Waals surface area contributed by atoms with Gasteiger partial charge in [0.25, 0.3) is 0 Å². The summed E-state index contributed by atoms with van der Waals surface area (Å²) in [5, 5.41) is 7.82. The molecule has 2 N–H and O–H groups in total. The summed E-state index contributed by atoms with van der Waals surface area (Å²) in [6, 6.07) is 7.39. The van der Waals surface area contributed by atoms with Crippen LogP contribution in [0.25, 0.3) is 0 Å². The molecule has 21 heavy (non-hydrogen) atoms. The minimum atomic E-state index is 0.0173. The normalized spacial score (nSPS) is 12.0. The van der Waals surface area contributed by atoms with E-state index in [0.717, 1.165) is 30.2 Å². The van der Waals surface area contributed by atoms with Gasteiger partial charge in [0.15, 0.2) is 0 Å². The smallest absolute Gasteiger partial charge is 0.131 e. The van der Waals surface area contributed by atoms with E-state index in [9.17, 15) is 0 Å². The molecule has 2 aromatic rings. The molecule has 2 rings (SSSR count). The summed E-state index contributed by atoms with van der Waals surface area (Å²) in [6.07, 6.45) is 2.58. The zero-order valence-electron chi connectivity index (χ0n) is 12.0. The average molecular weight is 325 g/mol. The first-order chi connectivity index (χ1) is 10.1. The molecule has 0 bridgehead atoms. The Kier molecular flexibility index (Phi) is 5.65. The zero-order valence-corrected chi connectivity index (χ0v) is 13.5. The minimum Gasteiger partial charge on any atom is -0.370 e. The van der Waals surface area contributed by atoms with Crippen molar-refractivity contribution in [2.24, 2.45) is 0 Å². The largest absolute Gasteiger partial charge is 0.370 e. The highest BCUT2D eigenvalue weighted by molar-refractivity contribution is 6.35. The Morgan fingerprint density at radius 2 is 1.90 bits per heavy atom. The molecule has 1 heterocycles. The van der Waals surface area contributed by atoms with E-state index in [1.807, 2.05) is 25.1 Å². The lowest BCUT2D eigenvalue weighted by molar-refractivity contribution is 0.871. The van der Waals surface area contributed by atoms with Crippen molar-refractivity contribution in [1.29, 1.82) is 0 Å². The van der Waals surface area contributed by atoms with Crippen molar-refractivity contribution in [3.8, 4) is 0 Å². The fourth-order valence-corrected chi connectivity index (χ4v) is 2.51. The molecule has 6 heteroatoms. The van der Waals surface area contributed by atoms with Crippen LogP contribution in [0, 0.1) is 0 Å². The molecule has 1 unspecified atom stereocenters. The maximum atomic E-state index is 6.22. The standard InChI is InChI=1S/C15H18Cl2N4/c1-3-6-18-14-8-15(20-9-19-14)21-10(2)12-5-4-11(16)7-13(12)17/h4-5,7-10H,3,6H2,1-2H3,(H2,18,19,20,21). The summed E-state index contributed by atoms with van der Waals surface area (Å²) in [6.45, 7) is 5.02. The second-order valence-electron chi connectivity index (χ2n) is 4.75. The molecule has 0 aliphatic carbocycles. The van der Waals surface area contributed by atoms with Crippen LogP contribution in [-0.2, 0) is 0 Å². The number of nitrogens with one attached hydrogen (secondary N) is 2. The number of nitrogens with zero attached hydrogens (tertiary/aromatic N) is 2. The van der Waals surface area contributed by atoms with Gasteiger partial charge in [0.1, 0.15) is 18.0 Å². The first-order valence-corrected chi connectivity index (χ1v) is 7.63. The van der Waals surface area contributed by atoms with Crippen LogP contribution < -0.4 is 10.6 Å². The molecule has 1 aromatic heterocycles. The van der Waals surface area contributed by atoms with Crippen LogP contribution in [0.15, 0.2) is 30.6 Å². The molecule has 4 nitrogen and oxygen atoms in total. The van der Waals surface area contributed by atoms with Crippen molar-refractivity contribution in [2.45, 2.75) is 26.3 Å². The predicted octanol–water partition coefficient (Wildman–Crippen LogP) is 4.78. The van der Waals surface area contributed by atoms with Crippen molar-refractivity contribution in [3.63, 3.8) is 0 Å². The van der Waals surface area contributed by atoms with Crippen LogP contribution in [0.4, 0.5) is 11.6 Å². The Bertz CT molecular complexity index is 604. The van der Waals surface area contributed by atoms with Crippen molar-refractivity contribution in [2.75, 3.05) is 17.2 Å². The minimum absolute atomic E-state index is 0.0173. The van der Waals surface area contributed by atoms with Gasteiger partial charge in [0.05, 0.1) is 6.04 Å². The van der Waals surface area contributed by atoms with Gasteiger partial charge in [-0.15, -0.1) is 0 Å². The van der Waals surface area contributed by atoms with Crippen molar-refractivity contribution in [1.82, 2.24) is 9.97 Å². The lowest BCUT2D eigenvalue weighted by atomic mass is 10.1. The van der Waals surface area contributed by atoms with Crippen LogP contribution in [0.3, 0.4) is 0 Å². The third kappa shape index (κ3) is 4.48. The van der Waals surface area contributed by atoms with Gasteiger partial charge in [-0.25, -0.2) is 9.97 Å². The van der Waals surface area contributed by atoms with E-state index in [1.54, 1.807) is 6.07 Å². The van der Waals surface area contributed by atoms with Gasteiger partial charge in [-0.3, -0.25) is 0 Å². The fraction of sp³-hybridized carbons (Fsp3) is 0.333. The third-order valence-electron chi connectivity index (χ3n) is 3.02. The molecule has 0 amide bonds. The zero-order chi connectivity index (χ0) is 15.2. The molecular formula is C15H18Cl2N4. The fourth-order valence-electron chi connectivity index (χ4n) is 1.94. The van der Waals surface area contributed by atoms with Gasteiger partial charge in [0, 0.05) is 22.7 Å². The van der Waals surface area contributed by atoms with Crippen LogP contribution >= 0.6 is 23.2 Å². The van der Waals surface area contributed by atoms with E-state index in [2.05, 4.69) is 27.5 Å². The highest BCUT2D eigenvalue weighted by Crippen LogP contribution is 2.28. The highest BCUT2D eigenvalue weighted by Gasteiger charge is 2.11.